The molecule has 19 aromatic carbocycles. The number of aromatic nitrogens is 3. The fourth-order valence-corrected chi connectivity index (χ4v) is 22.8. The van der Waals surface area contributed by atoms with Crippen LogP contribution in [-0.2, 0) is 35.1 Å². The fourth-order valence-electron chi connectivity index (χ4n) is 21.5. The maximum Gasteiger partial charge on any atom is 0.0601 e. The van der Waals surface area contributed by atoms with Gasteiger partial charge in [-0.05, 0) is 414 Å². The molecule has 5 heteroatoms. The zero-order valence-electron chi connectivity index (χ0n) is 92.3. The van der Waals surface area contributed by atoms with Gasteiger partial charge in [-0.25, -0.2) is 0 Å². The minimum atomic E-state index is 0.0598. The number of rotatable bonds is 14. The van der Waals surface area contributed by atoms with Gasteiger partial charge in [0.2, 0.25) is 0 Å². The third kappa shape index (κ3) is 21.6. The Morgan fingerprint density at radius 2 is 0.413 bits per heavy atom. The largest absolute Gasteiger partial charge is 0.344 e. The van der Waals surface area contributed by atoms with Crippen LogP contribution in [0.3, 0.4) is 0 Å². The van der Waals surface area contributed by atoms with E-state index in [9.17, 15) is 0 Å². The Balaban J connectivity index is 0.000000143. The van der Waals surface area contributed by atoms with Crippen LogP contribution in [0.5, 0.6) is 0 Å². The lowest BCUT2D eigenvalue weighted by Crippen LogP contribution is -2.15. The van der Waals surface area contributed by atoms with Gasteiger partial charge in [0, 0.05) is 77.3 Å². The molecular formula is C145H142N4S. The van der Waals surface area contributed by atoms with E-state index in [1.165, 1.54) is 283 Å². The van der Waals surface area contributed by atoms with Crippen molar-refractivity contribution in [1.29, 1.82) is 0 Å². The molecule has 0 atom stereocenters. The first-order valence-corrected chi connectivity index (χ1v) is 54.5. The van der Waals surface area contributed by atoms with Gasteiger partial charge in [-0.15, -0.1) is 0 Å². The molecule has 0 fully saturated rings. The van der Waals surface area contributed by atoms with Crippen LogP contribution in [-0.4, -0.2) is 13.7 Å². The van der Waals surface area contributed by atoms with Gasteiger partial charge in [-0.2, -0.15) is 0 Å². The molecule has 4 nitrogen and oxygen atoms in total. The smallest absolute Gasteiger partial charge is 0.0601 e. The summed E-state index contributed by atoms with van der Waals surface area (Å²) in [5.41, 5.74) is 52.7. The number of hydrogen-bond acceptors (Lipinski definition) is 2. The molecule has 3 aromatic heterocycles. The first-order chi connectivity index (χ1) is 71.7. The average molecular weight is 1970 g/mol. The zero-order valence-corrected chi connectivity index (χ0v) is 93.1. The number of hydrogen-bond donors (Lipinski definition) is 0. The molecule has 0 bridgehead atoms. The van der Waals surface area contributed by atoms with Crippen LogP contribution in [0.2, 0.25) is 0 Å². The second-order valence-corrected chi connectivity index (χ2v) is 47.8. The molecule has 0 N–H and O–H groups in total. The number of aryl methyl sites for hydroxylation is 12. The third-order valence-electron chi connectivity index (χ3n) is 30.4. The standard InChI is InChI=1S/C72H73N.C34H29N.C24H25NS.C15H15N/c1-46-15-33-67-65(35-46)66-36-47(2)16-34-68(66)73(67)64-44-58(56-39-52(48-17-25-60(26-18-48)69(3,4)5)37-53(40-56)49-19-27-61(28-20-49)70(6,7)8)43-59(45-64)57-41-54(50-21-29-62(30-22-50)71(9,10)11)38-55(42-57)51-23-31-63(32-24-51)72(12,13)14;1-22-5-11-26(12-6-22)28-19-29(27-13-7-23(2)8-14-27)21-30(20-28)35-33-15-9-24(3)17-31(33)32-18-25(4)10-16-34(32)35;1-4-5-6-19-9-11-20(12-10-19)25-21-13-7-17(2)15-23(21)26-24-16-18(3)8-14-22(24)25;1-10-4-6-14-12(8-10)13-9-11(2)5-7-15(13)16(14)3/h15-45H,1-14H3;5-21H,1-4H3;7-16H,4-6H2,1-3H3;4-9H,1-3H3. The maximum absolute atomic E-state index is 2.50. The van der Waals surface area contributed by atoms with Gasteiger partial charge < -0.3 is 18.6 Å². The summed E-state index contributed by atoms with van der Waals surface area (Å²) in [4.78, 5) is 5.07. The topological polar surface area (TPSA) is 18.0 Å². The number of nitrogens with zero attached hydrogens (tertiary/aromatic N) is 4. The van der Waals surface area contributed by atoms with E-state index in [2.05, 4.69) is 573 Å². The van der Waals surface area contributed by atoms with E-state index < -0.39 is 0 Å². The van der Waals surface area contributed by atoms with Crippen LogP contribution in [0.4, 0.5) is 17.1 Å². The fraction of sp³-hybridized carbons (Fsp3) is 0.214. The van der Waals surface area contributed by atoms with Crippen LogP contribution in [0.15, 0.2) is 398 Å². The highest BCUT2D eigenvalue weighted by Crippen LogP contribution is 2.53. The second kappa shape index (κ2) is 41.3. The van der Waals surface area contributed by atoms with Crippen molar-refractivity contribution >= 4 is 94.2 Å². The Kier molecular flexibility index (Phi) is 28.1. The summed E-state index contributed by atoms with van der Waals surface area (Å²) in [5.74, 6) is 0. The third-order valence-corrected chi connectivity index (χ3v) is 31.5. The van der Waals surface area contributed by atoms with Crippen molar-refractivity contribution in [3.63, 3.8) is 0 Å². The van der Waals surface area contributed by atoms with E-state index in [0.717, 1.165) is 12.1 Å². The van der Waals surface area contributed by atoms with Gasteiger partial charge in [0.15, 0.2) is 0 Å². The first-order valence-electron chi connectivity index (χ1n) is 53.7. The van der Waals surface area contributed by atoms with Crippen molar-refractivity contribution in [2.45, 2.75) is 210 Å². The molecule has 0 aliphatic carbocycles. The van der Waals surface area contributed by atoms with Crippen LogP contribution >= 0.6 is 11.8 Å². The Labute approximate surface area is 895 Å². The van der Waals surface area contributed by atoms with Crippen molar-refractivity contribution in [2.24, 2.45) is 7.05 Å². The van der Waals surface area contributed by atoms with Gasteiger partial charge in [-0.3, -0.25) is 0 Å². The van der Waals surface area contributed by atoms with Crippen LogP contribution in [0.1, 0.15) is 186 Å². The molecule has 0 saturated carbocycles. The van der Waals surface area contributed by atoms with Gasteiger partial charge in [0.1, 0.15) is 0 Å². The van der Waals surface area contributed by atoms with Crippen molar-refractivity contribution in [1.82, 2.24) is 13.7 Å². The van der Waals surface area contributed by atoms with Crippen molar-refractivity contribution in [3.05, 3.63) is 472 Å². The van der Waals surface area contributed by atoms with Crippen molar-refractivity contribution < 1.29 is 0 Å². The Hall–Kier alpha value is -15.3. The molecular weight excluding hydrogens is 1830 g/mol. The maximum atomic E-state index is 2.50. The summed E-state index contributed by atoms with van der Waals surface area (Å²) >= 11 is 1.88. The van der Waals surface area contributed by atoms with E-state index in [4.69, 9.17) is 0 Å². The van der Waals surface area contributed by atoms with Gasteiger partial charge in [0.05, 0.1) is 33.4 Å². The Morgan fingerprint density at radius 1 is 0.200 bits per heavy atom. The summed E-state index contributed by atoms with van der Waals surface area (Å²) in [5, 5.41) is 7.88. The monoisotopic (exact) mass is 1970 g/mol. The number of benzene rings is 19. The lowest BCUT2D eigenvalue weighted by Gasteiger charge is -2.33. The predicted molar refractivity (Wildman–Crippen MR) is 652 cm³/mol. The van der Waals surface area contributed by atoms with Crippen LogP contribution < -0.4 is 4.90 Å². The SMILES string of the molecule is CCCCc1ccc(N2c3ccc(C)cc3Sc3cc(C)ccc32)cc1.Cc1ccc(-c2cc(-c3ccc(C)cc3)cc(-n3c4ccc(C)cc4c4cc(C)ccc43)c2)cc1.Cc1ccc2c(c1)c1cc(C)ccc1n2-c1cc(-c2cc(-c3ccc(C(C)(C)C)cc3)cc(-c3ccc(C(C)(C)C)cc3)c2)cc(-c2cc(-c3ccc(C(C)(C)C)cc3)cc(-c3ccc(C(C)(C)C)cc3)c2)c1.Cc1ccc2c(c1)c1cc(C)ccc1n2C. The molecule has 748 valence electrons. The van der Waals surface area contributed by atoms with Gasteiger partial charge in [0.25, 0.3) is 0 Å². The quantitative estimate of drug-likeness (QED) is 0.108. The molecule has 0 amide bonds. The molecule has 0 radical (unpaired) electrons. The minimum Gasteiger partial charge on any atom is -0.344 e. The molecule has 1 aliphatic rings. The molecule has 0 unspecified atom stereocenters. The number of fused-ring (bicyclic) bond motifs is 11. The Bertz CT molecular complexity index is 8200. The van der Waals surface area contributed by atoms with Gasteiger partial charge >= 0.3 is 0 Å². The second-order valence-electron chi connectivity index (χ2n) is 46.7. The van der Waals surface area contributed by atoms with E-state index in [1.807, 2.05) is 11.8 Å². The van der Waals surface area contributed by atoms with Gasteiger partial charge in [-0.1, -0.05) is 359 Å². The van der Waals surface area contributed by atoms with E-state index in [0.29, 0.717) is 0 Å². The lowest BCUT2D eigenvalue weighted by molar-refractivity contribution is 0.590. The summed E-state index contributed by atoms with van der Waals surface area (Å²) < 4.78 is 7.20. The first kappa shape index (κ1) is 102. The predicted octanol–water partition coefficient (Wildman–Crippen LogP) is 41.5. The normalized spacial score (nSPS) is 12.2. The summed E-state index contributed by atoms with van der Waals surface area (Å²) in [6.45, 7) is 51.4. The molecule has 1 aliphatic heterocycles. The summed E-state index contributed by atoms with van der Waals surface area (Å²) in [6.07, 6.45) is 3.66. The number of anilines is 3. The molecule has 23 rings (SSSR count). The molecule has 0 spiro atoms. The molecule has 150 heavy (non-hydrogen) atoms. The van der Waals surface area contributed by atoms with Crippen molar-refractivity contribution in [3.8, 4) is 100 Å². The van der Waals surface area contributed by atoms with Crippen LogP contribution in [0, 0.1) is 69.2 Å². The van der Waals surface area contributed by atoms with Crippen LogP contribution in [0.25, 0.3) is 166 Å². The zero-order chi connectivity index (χ0) is 105. The average Bonchev–Trinajstić information content (AvgIpc) is 1.60. The van der Waals surface area contributed by atoms with E-state index >= 15 is 0 Å². The van der Waals surface area contributed by atoms with Crippen molar-refractivity contribution in [2.75, 3.05) is 4.90 Å². The molecule has 22 aromatic rings. The highest BCUT2D eigenvalue weighted by Gasteiger charge is 2.28. The highest BCUT2D eigenvalue weighted by molar-refractivity contribution is 7.99. The van der Waals surface area contributed by atoms with E-state index in [-0.39, 0.29) is 21.7 Å². The minimum absolute atomic E-state index is 0.0598. The lowest BCUT2D eigenvalue weighted by atomic mass is 9.84. The van der Waals surface area contributed by atoms with E-state index in [1.54, 1.807) is 0 Å². The number of unbranched alkanes of at least 4 members (excludes halogenated alkanes) is 1. The molecule has 0 saturated heterocycles. The molecule has 4 heterocycles. The summed E-state index contributed by atoms with van der Waals surface area (Å²) in [7, 11) is 2.13. The summed E-state index contributed by atoms with van der Waals surface area (Å²) in [6, 6.07) is 147. The highest BCUT2D eigenvalue weighted by atomic mass is 32.2. The Morgan fingerprint density at radius 3 is 0.673 bits per heavy atom.